The molecule has 6 heteroatoms. The van der Waals surface area contributed by atoms with Crippen molar-refractivity contribution in [3.05, 3.63) is 29.6 Å². The average molecular weight is 287 g/mol. The Morgan fingerprint density at radius 3 is 2.63 bits per heavy atom. The van der Waals surface area contributed by atoms with Crippen molar-refractivity contribution in [3.63, 3.8) is 0 Å². The Bertz CT molecular complexity index is 559. The van der Waals surface area contributed by atoms with E-state index in [1.54, 1.807) is 6.92 Å². The molecular formula is C13H18FNO3S. The quantitative estimate of drug-likeness (QED) is 0.889. The normalized spacial score (nSPS) is 24.4. The van der Waals surface area contributed by atoms with Gasteiger partial charge >= 0.3 is 0 Å². The molecular weight excluding hydrogens is 269 g/mol. The van der Waals surface area contributed by atoms with Gasteiger partial charge in [-0.15, -0.1) is 0 Å². The lowest BCUT2D eigenvalue weighted by atomic mass is 9.93. The molecule has 0 heterocycles. The van der Waals surface area contributed by atoms with Gasteiger partial charge in [0.05, 0.1) is 11.0 Å². The van der Waals surface area contributed by atoms with Crippen molar-refractivity contribution in [2.75, 3.05) is 0 Å². The zero-order valence-electron chi connectivity index (χ0n) is 10.8. The summed E-state index contributed by atoms with van der Waals surface area (Å²) in [5, 5.41) is 9.81. The number of aliphatic hydroxyl groups is 1. The number of nitrogens with one attached hydrogen (secondary N) is 1. The van der Waals surface area contributed by atoms with Crippen LogP contribution in [-0.4, -0.2) is 25.7 Å². The van der Waals surface area contributed by atoms with Gasteiger partial charge in [0.15, 0.2) is 0 Å². The van der Waals surface area contributed by atoms with Crippen molar-refractivity contribution in [1.29, 1.82) is 0 Å². The summed E-state index contributed by atoms with van der Waals surface area (Å²) in [4.78, 5) is 0.0617. The summed E-state index contributed by atoms with van der Waals surface area (Å²) >= 11 is 0. The molecule has 4 nitrogen and oxygen atoms in total. The Morgan fingerprint density at radius 1 is 1.32 bits per heavy atom. The third kappa shape index (κ3) is 3.32. The first-order chi connectivity index (χ1) is 8.90. The van der Waals surface area contributed by atoms with Gasteiger partial charge < -0.3 is 5.11 Å². The molecule has 1 aliphatic rings. The molecule has 1 fully saturated rings. The minimum Gasteiger partial charge on any atom is -0.391 e. The molecule has 0 spiro atoms. The molecule has 0 bridgehead atoms. The molecule has 1 saturated carbocycles. The summed E-state index contributed by atoms with van der Waals surface area (Å²) in [7, 11) is -3.72. The Labute approximate surface area is 112 Å². The highest BCUT2D eigenvalue weighted by Gasteiger charge is 2.28. The van der Waals surface area contributed by atoms with Gasteiger partial charge in [-0.05, 0) is 43.5 Å². The van der Waals surface area contributed by atoms with E-state index in [1.807, 2.05) is 0 Å². The number of hydrogen-bond acceptors (Lipinski definition) is 3. The van der Waals surface area contributed by atoms with Gasteiger partial charge in [-0.3, -0.25) is 0 Å². The number of rotatable bonds is 3. The van der Waals surface area contributed by atoms with Crippen LogP contribution in [0.1, 0.15) is 31.2 Å². The smallest absolute Gasteiger partial charge is 0.241 e. The molecule has 0 amide bonds. The van der Waals surface area contributed by atoms with Gasteiger partial charge in [0.2, 0.25) is 10.0 Å². The van der Waals surface area contributed by atoms with Crippen LogP contribution in [0.2, 0.25) is 0 Å². The third-order valence-corrected chi connectivity index (χ3v) is 5.11. The standard InChI is InChI=1S/C13H18FNO3S/c1-9-8-10(14)6-7-13(9)19(17,18)15-11-4-2-3-5-12(11)16/h6-8,11-12,15-16H,2-5H2,1H3. The first-order valence-electron chi connectivity index (χ1n) is 6.37. The van der Waals surface area contributed by atoms with Crippen LogP contribution < -0.4 is 4.72 Å². The summed E-state index contributed by atoms with van der Waals surface area (Å²) in [5.74, 6) is -0.464. The minimum atomic E-state index is -3.72. The number of halogens is 1. The Balaban J connectivity index is 2.22. The fourth-order valence-electron chi connectivity index (χ4n) is 2.43. The fraction of sp³-hybridized carbons (Fsp3) is 0.538. The highest BCUT2D eigenvalue weighted by Crippen LogP contribution is 2.22. The molecule has 2 atom stereocenters. The number of sulfonamides is 1. The lowest BCUT2D eigenvalue weighted by molar-refractivity contribution is 0.101. The summed E-state index contributed by atoms with van der Waals surface area (Å²) in [5.41, 5.74) is 0.359. The second-order valence-electron chi connectivity index (χ2n) is 4.99. The predicted octanol–water partition coefficient (Wildman–Crippen LogP) is 1.72. The van der Waals surface area contributed by atoms with Crippen LogP contribution in [0, 0.1) is 12.7 Å². The van der Waals surface area contributed by atoms with Gasteiger partial charge in [0, 0.05) is 6.04 Å². The SMILES string of the molecule is Cc1cc(F)ccc1S(=O)(=O)NC1CCCCC1O. The second kappa shape index (κ2) is 5.56. The van der Waals surface area contributed by atoms with Crippen LogP contribution in [0.3, 0.4) is 0 Å². The third-order valence-electron chi connectivity index (χ3n) is 3.46. The predicted molar refractivity (Wildman–Crippen MR) is 69.7 cm³/mol. The lowest BCUT2D eigenvalue weighted by Gasteiger charge is -2.28. The number of aliphatic hydroxyl groups excluding tert-OH is 1. The Hall–Kier alpha value is -0.980. The van der Waals surface area contributed by atoms with Crippen molar-refractivity contribution < 1.29 is 17.9 Å². The van der Waals surface area contributed by atoms with Gasteiger partial charge in [0.25, 0.3) is 0 Å². The van der Waals surface area contributed by atoms with Gasteiger partial charge in [-0.1, -0.05) is 12.8 Å². The fourth-order valence-corrected chi connectivity index (χ4v) is 3.96. The molecule has 0 radical (unpaired) electrons. The lowest BCUT2D eigenvalue weighted by Crippen LogP contribution is -2.45. The molecule has 2 unspecified atom stereocenters. The van der Waals surface area contributed by atoms with E-state index in [0.29, 0.717) is 18.4 Å². The van der Waals surface area contributed by atoms with E-state index in [4.69, 9.17) is 0 Å². The average Bonchev–Trinajstić information content (AvgIpc) is 2.31. The van der Waals surface area contributed by atoms with E-state index in [-0.39, 0.29) is 4.90 Å². The summed E-state index contributed by atoms with van der Waals surface area (Å²) in [6, 6.07) is 3.11. The molecule has 0 saturated heterocycles. The number of hydrogen-bond donors (Lipinski definition) is 2. The summed E-state index contributed by atoms with van der Waals surface area (Å²) < 4.78 is 40.0. The van der Waals surface area contributed by atoms with Gasteiger partial charge in [-0.25, -0.2) is 17.5 Å². The van der Waals surface area contributed by atoms with Crippen LogP contribution in [0.4, 0.5) is 4.39 Å². The molecule has 0 aliphatic heterocycles. The van der Waals surface area contributed by atoms with Crippen molar-refractivity contribution in [2.24, 2.45) is 0 Å². The zero-order chi connectivity index (χ0) is 14.0. The van der Waals surface area contributed by atoms with Crippen molar-refractivity contribution in [2.45, 2.75) is 49.6 Å². The molecule has 106 valence electrons. The second-order valence-corrected chi connectivity index (χ2v) is 6.67. The van der Waals surface area contributed by atoms with Crippen LogP contribution in [0.15, 0.2) is 23.1 Å². The monoisotopic (exact) mass is 287 g/mol. The largest absolute Gasteiger partial charge is 0.391 e. The first-order valence-corrected chi connectivity index (χ1v) is 7.85. The van der Waals surface area contributed by atoms with Crippen LogP contribution >= 0.6 is 0 Å². The zero-order valence-corrected chi connectivity index (χ0v) is 11.6. The van der Waals surface area contributed by atoms with E-state index in [9.17, 15) is 17.9 Å². The van der Waals surface area contributed by atoms with E-state index in [2.05, 4.69) is 4.72 Å². The molecule has 0 aromatic heterocycles. The van der Waals surface area contributed by atoms with Crippen LogP contribution in [0.5, 0.6) is 0 Å². The Morgan fingerprint density at radius 2 is 2.00 bits per heavy atom. The summed E-state index contributed by atoms with van der Waals surface area (Å²) in [6.45, 7) is 1.55. The maximum absolute atomic E-state index is 13.0. The topological polar surface area (TPSA) is 66.4 Å². The highest BCUT2D eigenvalue weighted by atomic mass is 32.2. The molecule has 19 heavy (non-hydrogen) atoms. The molecule has 1 aliphatic carbocycles. The van der Waals surface area contributed by atoms with Crippen molar-refractivity contribution in [3.8, 4) is 0 Å². The molecule has 1 aromatic rings. The molecule has 2 rings (SSSR count). The van der Waals surface area contributed by atoms with Gasteiger partial charge in [-0.2, -0.15) is 0 Å². The van der Waals surface area contributed by atoms with E-state index in [1.165, 1.54) is 12.1 Å². The Kier molecular flexibility index (Phi) is 4.23. The van der Waals surface area contributed by atoms with E-state index in [0.717, 1.165) is 18.9 Å². The van der Waals surface area contributed by atoms with Crippen LogP contribution in [0.25, 0.3) is 0 Å². The van der Waals surface area contributed by atoms with Crippen molar-refractivity contribution >= 4 is 10.0 Å². The van der Waals surface area contributed by atoms with E-state index >= 15 is 0 Å². The maximum atomic E-state index is 13.0. The molecule has 2 N–H and O–H groups in total. The number of aryl methyl sites for hydroxylation is 1. The number of benzene rings is 1. The van der Waals surface area contributed by atoms with Crippen LogP contribution in [-0.2, 0) is 10.0 Å². The molecule has 1 aromatic carbocycles. The minimum absolute atomic E-state index is 0.0617. The summed E-state index contributed by atoms with van der Waals surface area (Å²) in [6.07, 6.45) is 2.39. The van der Waals surface area contributed by atoms with Crippen molar-refractivity contribution in [1.82, 2.24) is 4.72 Å². The maximum Gasteiger partial charge on any atom is 0.241 e. The van der Waals surface area contributed by atoms with Gasteiger partial charge in [0.1, 0.15) is 5.82 Å². The van der Waals surface area contributed by atoms with E-state index < -0.39 is 28.0 Å². The first kappa shape index (κ1) is 14.4. The highest BCUT2D eigenvalue weighted by molar-refractivity contribution is 7.89.